The highest BCUT2D eigenvalue weighted by atomic mass is 35.5. The molecule has 8 heteroatoms. The number of hydrogen-bond donors (Lipinski definition) is 2. The summed E-state index contributed by atoms with van der Waals surface area (Å²) >= 11 is 6.16. The Morgan fingerprint density at radius 2 is 2.03 bits per heavy atom. The topological polar surface area (TPSA) is 91.5 Å². The van der Waals surface area contributed by atoms with Gasteiger partial charge < -0.3 is 19.7 Å². The van der Waals surface area contributed by atoms with Crippen LogP contribution in [-0.2, 0) is 0 Å². The second-order valence-corrected chi connectivity index (χ2v) is 9.18. The van der Waals surface area contributed by atoms with Gasteiger partial charge >= 0.3 is 0 Å². The van der Waals surface area contributed by atoms with Crippen LogP contribution in [0.15, 0.2) is 58.0 Å². The molecule has 0 saturated carbocycles. The first-order valence-electron chi connectivity index (χ1n) is 11.2. The average Bonchev–Trinajstić information content (AvgIpc) is 2.81. The van der Waals surface area contributed by atoms with Gasteiger partial charge in [0, 0.05) is 42.2 Å². The molecule has 1 aliphatic heterocycles. The Balaban J connectivity index is 1.60. The van der Waals surface area contributed by atoms with Gasteiger partial charge in [-0.15, -0.1) is 0 Å². The van der Waals surface area contributed by atoms with Crippen LogP contribution in [0.1, 0.15) is 29.7 Å². The van der Waals surface area contributed by atoms with Gasteiger partial charge in [0.15, 0.2) is 11.2 Å². The zero-order valence-electron chi connectivity index (χ0n) is 19.2. The fourth-order valence-electron chi connectivity index (χ4n) is 4.38. The molecule has 5 rings (SSSR count). The van der Waals surface area contributed by atoms with Crippen molar-refractivity contribution in [3.8, 4) is 11.3 Å². The molecule has 1 aliphatic rings. The zero-order valence-corrected chi connectivity index (χ0v) is 19.9. The van der Waals surface area contributed by atoms with Gasteiger partial charge in [-0.2, -0.15) is 0 Å². The summed E-state index contributed by atoms with van der Waals surface area (Å²) in [5.41, 5.74) is 4.42. The Morgan fingerprint density at radius 1 is 1.24 bits per heavy atom. The standard InChI is InChI=1S/C26H25ClN4O3/c1-14-9-19(16(3)29-21-6-7-22(27)30-26(21)31-12-18(32)13-31)25-20(10-14)23(33)15(2)24(34-25)17-5-4-8-28-11-17/h4-11,16,18,29,32H,12-13H2,1-3H3. The molecule has 1 unspecified atom stereocenters. The maximum Gasteiger partial charge on any atom is 0.196 e. The minimum absolute atomic E-state index is 0.0549. The van der Waals surface area contributed by atoms with Gasteiger partial charge in [-0.1, -0.05) is 17.7 Å². The first-order valence-corrected chi connectivity index (χ1v) is 11.5. The van der Waals surface area contributed by atoms with Gasteiger partial charge in [0.05, 0.1) is 23.2 Å². The van der Waals surface area contributed by atoms with Crippen molar-refractivity contribution >= 4 is 34.1 Å². The Kier molecular flexibility index (Phi) is 5.75. The van der Waals surface area contributed by atoms with Gasteiger partial charge in [-0.25, -0.2) is 4.98 Å². The van der Waals surface area contributed by atoms with Crippen LogP contribution in [0.5, 0.6) is 0 Å². The van der Waals surface area contributed by atoms with Crippen LogP contribution in [0.25, 0.3) is 22.3 Å². The molecule has 174 valence electrons. The normalized spacial score (nSPS) is 14.8. The molecule has 0 radical (unpaired) electrons. The van der Waals surface area contributed by atoms with E-state index in [4.69, 9.17) is 16.0 Å². The molecule has 34 heavy (non-hydrogen) atoms. The van der Waals surface area contributed by atoms with Crippen LogP contribution < -0.4 is 15.6 Å². The minimum Gasteiger partial charge on any atom is -0.455 e. The number of aromatic nitrogens is 2. The molecule has 2 N–H and O–H groups in total. The van der Waals surface area contributed by atoms with Crippen molar-refractivity contribution in [3.63, 3.8) is 0 Å². The number of pyridine rings is 2. The summed E-state index contributed by atoms with van der Waals surface area (Å²) in [6.07, 6.45) is 3.02. The third-order valence-electron chi connectivity index (χ3n) is 6.16. The molecule has 0 spiro atoms. The molecule has 4 heterocycles. The van der Waals surface area contributed by atoms with E-state index in [9.17, 15) is 9.90 Å². The molecule has 1 aromatic carbocycles. The van der Waals surface area contributed by atoms with Crippen molar-refractivity contribution in [2.75, 3.05) is 23.3 Å². The molecule has 7 nitrogen and oxygen atoms in total. The second-order valence-electron chi connectivity index (χ2n) is 8.79. The predicted octanol–water partition coefficient (Wildman–Crippen LogP) is 4.87. The summed E-state index contributed by atoms with van der Waals surface area (Å²) in [6, 6.07) is 11.0. The third kappa shape index (κ3) is 4.02. The van der Waals surface area contributed by atoms with Crippen molar-refractivity contribution in [3.05, 3.63) is 80.9 Å². The molecule has 0 bridgehead atoms. The summed E-state index contributed by atoms with van der Waals surface area (Å²) in [5, 5.41) is 14.2. The molecule has 1 fully saturated rings. The van der Waals surface area contributed by atoms with Crippen LogP contribution in [-0.4, -0.2) is 34.3 Å². The van der Waals surface area contributed by atoms with Crippen molar-refractivity contribution in [2.24, 2.45) is 0 Å². The molecule has 0 amide bonds. The number of rotatable bonds is 5. The maximum atomic E-state index is 13.3. The van der Waals surface area contributed by atoms with Gasteiger partial charge in [0.1, 0.15) is 16.5 Å². The Hall–Kier alpha value is -3.42. The largest absolute Gasteiger partial charge is 0.455 e. The fraction of sp³-hybridized carbons (Fsp3) is 0.269. The number of aliphatic hydroxyl groups is 1. The van der Waals surface area contributed by atoms with Crippen LogP contribution in [0.4, 0.5) is 11.5 Å². The fourth-order valence-corrected chi connectivity index (χ4v) is 4.52. The van der Waals surface area contributed by atoms with Gasteiger partial charge in [-0.3, -0.25) is 9.78 Å². The molecule has 3 aromatic heterocycles. The summed E-state index contributed by atoms with van der Waals surface area (Å²) in [6.45, 7) is 6.78. The molecule has 1 atom stereocenters. The quantitative estimate of drug-likeness (QED) is 0.397. The van der Waals surface area contributed by atoms with Crippen molar-refractivity contribution in [1.82, 2.24) is 9.97 Å². The first kappa shape index (κ1) is 22.4. The average molecular weight is 477 g/mol. The molecular formula is C26H25ClN4O3. The van der Waals surface area contributed by atoms with Crippen LogP contribution in [0.2, 0.25) is 5.15 Å². The summed E-state index contributed by atoms with van der Waals surface area (Å²) in [4.78, 5) is 23.9. The van der Waals surface area contributed by atoms with Crippen LogP contribution >= 0.6 is 11.6 Å². The van der Waals surface area contributed by atoms with Gasteiger partial charge in [-0.05, 0) is 56.7 Å². The molecule has 0 aliphatic carbocycles. The Bertz CT molecular complexity index is 1430. The number of fused-ring (bicyclic) bond motifs is 1. The number of hydrogen-bond acceptors (Lipinski definition) is 7. The third-order valence-corrected chi connectivity index (χ3v) is 6.37. The zero-order chi connectivity index (χ0) is 24.0. The SMILES string of the molecule is Cc1cc(C(C)Nc2ccc(Cl)nc2N2CC(O)C2)c2oc(-c3cccnc3)c(C)c(=O)c2c1. The Labute approximate surface area is 202 Å². The van der Waals surface area contributed by atoms with Gasteiger partial charge in [0.25, 0.3) is 0 Å². The smallest absolute Gasteiger partial charge is 0.196 e. The number of aryl methyl sites for hydroxylation is 1. The highest BCUT2D eigenvalue weighted by Gasteiger charge is 2.28. The lowest BCUT2D eigenvalue weighted by atomic mass is 9.99. The second kappa shape index (κ2) is 8.74. The molecule has 4 aromatic rings. The van der Waals surface area contributed by atoms with Crippen molar-refractivity contribution < 1.29 is 9.52 Å². The van der Waals surface area contributed by atoms with E-state index in [1.165, 1.54) is 0 Å². The summed E-state index contributed by atoms with van der Waals surface area (Å²) in [5.74, 6) is 1.21. The minimum atomic E-state index is -0.366. The van der Waals surface area contributed by atoms with E-state index < -0.39 is 0 Å². The predicted molar refractivity (Wildman–Crippen MR) is 135 cm³/mol. The summed E-state index contributed by atoms with van der Waals surface area (Å²) < 4.78 is 6.39. The molecule has 1 saturated heterocycles. The van der Waals surface area contributed by atoms with Crippen LogP contribution in [0.3, 0.4) is 0 Å². The lowest BCUT2D eigenvalue weighted by Crippen LogP contribution is -2.51. The van der Waals surface area contributed by atoms with Gasteiger partial charge in [0.2, 0.25) is 0 Å². The lowest BCUT2D eigenvalue weighted by molar-refractivity contribution is 0.141. The number of nitrogens with zero attached hydrogens (tertiary/aromatic N) is 3. The number of β-amino-alcohol motifs (C(OH)–C–C–N with tert-alkyl or cyclic N) is 1. The highest BCUT2D eigenvalue weighted by molar-refractivity contribution is 6.29. The van der Waals surface area contributed by atoms with E-state index in [1.54, 1.807) is 25.4 Å². The van der Waals surface area contributed by atoms with E-state index in [1.807, 2.05) is 49.1 Å². The molecular weight excluding hydrogens is 452 g/mol. The summed E-state index contributed by atoms with van der Waals surface area (Å²) in [7, 11) is 0. The number of nitrogens with one attached hydrogen (secondary N) is 1. The van der Waals surface area contributed by atoms with Crippen molar-refractivity contribution in [2.45, 2.75) is 32.9 Å². The highest BCUT2D eigenvalue weighted by Crippen LogP contribution is 2.35. The van der Waals surface area contributed by atoms with E-state index in [2.05, 4.69) is 15.3 Å². The Morgan fingerprint density at radius 3 is 2.74 bits per heavy atom. The van der Waals surface area contributed by atoms with Crippen LogP contribution in [0, 0.1) is 13.8 Å². The number of benzene rings is 1. The van der Waals surface area contributed by atoms with E-state index in [0.717, 1.165) is 22.4 Å². The first-order chi connectivity index (χ1) is 16.3. The van der Waals surface area contributed by atoms with E-state index >= 15 is 0 Å². The maximum absolute atomic E-state index is 13.3. The van der Waals surface area contributed by atoms with Crippen molar-refractivity contribution in [1.29, 1.82) is 0 Å². The van der Waals surface area contributed by atoms with E-state index in [-0.39, 0.29) is 17.6 Å². The number of aliphatic hydroxyl groups excluding tert-OH is 1. The van der Waals surface area contributed by atoms with E-state index in [0.29, 0.717) is 46.4 Å². The lowest BCUT2D eigenvalue weighted by Gasteiger charge is -2.38. The number of halogens is 1. The monoisotopic (exact) mass is 476 g/mol. The number of anilines is 2.